The Morgan fingerprint density at radius 2 is 2.08 bits per heavy atom. The zero-order chi connectivity index (χ0) is 8.97. The summed E-state index contributed by atoms with van der Waals surface area (Å²) in [6.45, 7) is 2.09. The molecule has 0 spiro atoms. The molecule has 1 nitrogen and oxygen atoms in total. The Bertz CT molecular complexity index is 247. The Kier molecular flexibility index (Phi) is 3.63. The summed E-state index contributed by atoms with van der Waals surface area (Å²) < 4.78 is 0. The number of rotatable bonds is 3. The molecule has 0 radical (unpaired) electrons. The standard InChI is InChI=1S/C10H15NS/c1-8-4-2-3-5-9(8)10(11)6-7-12/h2-5,10,12H,6-7,11H2,1H3. The molecule has 0 aromatic heterocycles. The molecular formula is C10H15NS. The van der Waals surface area contributed by atoms with Crippen LogP contribution in [-0.4, -0.2) is 5.75 Å². The van der Waals surface area contributed by atoms with Crippen molar-refractivity contribution in [2.75, 3.05) is 5.75 Å². The average molecular weight is 181 g/mol. The van der Waals surface area contributed by atoms with Crippen molar-refractivity contribution in [3.63, 3.8) is 0 Å². The van der Waals surface area contributed by atoms with Gasteiger partial charge in [-0.3, -0.25) is 0 Å². The Morgan fingerprint density at radius 1 is 1.42 bits per heavy atom. The van der Waals surface area contributed by atoms with Gasteiger partial charge in [-0.05, 0) is 30.2 Å². The number of hydrogen-bond donors (Lipinski definition) is 2. The van der Waals surface area contributed by atoms with Gasteiger partial charge in [0.15, 0.2) is 0 Å². The second-order valence-corrected chi connectivity index (χ2v) is 3.42. The van der Waals surface area contributed by atoms with Crippen LogP contribution >= 0.6 is 12.6 Å². The van der Waals surface area contributed by atoms with E-state index < -0.39 is 0 Å². The second kappa shape index (κ2) is 4.53. The highest BCUT2D eigenvalue weighted by Gasteiger charge is 2.05. The van der Waals surface area contributed by atoms with E-state index in [9.17, 15) is 0 Å². The lowest BCUT2D eigenvalue weighted by Crippen LogP contribution is -2.11. The third-order valence-corrected chi connectivity index (χ3v) is 2.29. The molecule has 12 heavy (non-hydrogen) atoms. The van der Waals surface area contributed by atoms with Crippen molar-refractivity contribution in [2.24, 2.45) is 5.73 Å². The monoisotopic (exact) mass is 181 g/mol. The first-order valence-electron chi connectivity index (χ1n) is 4.17. The Labute approximate surface area is 79.4 Å². The zero-order valence-electron chi connectivity index (χ0n) is 7.33. The van der Waals surface area contributed by atoms with Crippen molar-refractivity contribution >= 4 is 12.6 Å². The zero-order valence-corrected chi connectivity index (χ0v) is 8.22. The molecule has 66 valence electrons. The fourth-order valence-electron chi connectivity index (χ4n) is 1.30. The largest absolute Gasteiger partial charge is 0.324 e. The third kappa shape index (κ3) is 2.26. The summed E-state index contributed by atoms with van der Waals surface area (Å²) in [6, 6.07) is 8.38. The van der Waals surface area contributed by atoms with Gasteiger partial charge in [0, 0.05) is 6.04 Å². The summed E-state index contributed by atoms with van der Waals surface area (Å²) in [5.74, 6) is 0.843. The molecule has 0 saturated heterocycles. The van der Waals surface area contributed by atoms with Gasteiger partial charge in [-0.2, -0.15) is 12.6 Å². The second-order valence-electron chi connectivity index (χ2n) is 2.98. The van der Waals surface area contributed by atoms with Crippen molar-refractivity contribution in [3.8, 4) is 0 Å². The van der Waals surface area contributed by atoms with Crippen LogP contribution in [0.2, 0.25) is 0 Å². The number of benzene rings is 1. The Hall–Kier alpha value is -0.470. The first-order chi connectivity index (χ1) is 5.75. The molecule has 0 aliphatic heterocycles. The summed E-state index contributed by atoms with van der Waals surface area (Å²) in [5, 5.41) is 0. The van der Waals surface area contributed by atoms with Crippen LogP contribution < -0.4 is 5.73 Å². The van der Waals surface area contributed by atoms with Gasteiger partial charge in [0.2, 0.25) is 0 Å². The minimum Gasteiger partial charge on any atom is -0.324 e. The van der Waals surface area contributed by atoms with Crippen LogP contribution in [0.5, 0.6) is 0 Å². The minimum absolute atomic E-state index is 0.142. The number of thiol groups is 1. The normalized spacial score (nSPS) is 12.9. The average Bonchev–Trinajstić information content (AvgIpc) is 2.05. The van der Waals surface area contributed by atoms with E-state index in [0.717, 1.165) is 12.2 Å². The van der Waals surface area contributed by atoms with E-state index in [-0.39, 0.29) is 6.04 Å². The molecule has 0 bridgehead atoms. The van der Waals surface area contributed by atoms with Crippen LogP contribution in [0.1, 0.15) is 23.6 Å². The molecule has 2 N–H and O–H groups in total. The SMILES string of the molecule is Cc1ccccc1C(N)CCS. The minimum atomic E-state index is 0.142. The van der Waals surface area contributed by atoms with E-state index in [4.69, 9.17) is 5.73 Å². The topological polar surface area (TPSA) is 26.0 Å². The van der Waals surface area contributed by atoms with Crippen molar-refractivity contribution < 1.29 is 0 Å². The Balaban J connectivity index is 2.79. The van der Waals surface area contributed by atoms with Crippen molar-refractivity contribution in [1.82, 2.24) is 0 Å². The molecule has 1 rings (SSSR count). The molecular weight excluding hydrogens is 166 g/mol. The molecule has 0 fully saturated rings. The van der Waals surface area contributed by atoms with Crippen LogP contribution in [0.4, 0.5) is 0 Å². The van der Waals surface area contributed by atoms with E-state index in [1.165, 1.54) is 11.1 Å². The highest BCUT2D eigenvalue weighted by atomic mass is 32.1. The molecule has 0 aliphatic carbocycles. The molecule has 0 heterocycles. The molecule has 1 aromatic rings. The molecule has 0 aliphatic rings. The van der Waals surface area contributed by atoms with Gasteiger partial charge in [-0.15, -0.1) is 0 Å². The fraction of sp³-hybridized carbons (Fsp3) is 0.400. The highest BCUT2D eigenvalue weighted by Crippen LogP contribution is 2.17. The van der Waals surface area contributed by atoms with E-state index >= 15 is 0 Å². The Morgan fingerprint density at radius 3 is 2.67 bits per heavy atom. The van der Waals surface area contributed by atoms with Crippen molar-refractivity contribution in [1.29, 1.82) is 0 Å². The summed E-state index contributed by atoms with van der Waals surface area (Å²) in [4.78, 5) is 0. The number of nitrogens with two attached hydrogens (primary N) is 1. The highest BCUT2D eigenvalue weighted by molar-refractivity contribution is 7.80. The van der Waals surface area contributed by atoms with Crippen LogP contribution in [0.3, 0.4) is 0 Å². The predicted molar refractivity (Wildman–Crippen MR) is 56.6 cm³/mol. The van der Waals surface area contributed by atoms with Gasteiger partial charge >= 0.3 is 0 Å². The maximum atomic E-state index is 5.96. The molecule has 1 unspecified atom stereocenters. The first kappa shape index (κ1) is 9.62. The number of aryl methyl sites for hydroxylation is 1. The summed E-state index contributed by atoms with van der Waals surface area (Å²) in [6.07, 6.45) is 0.938. The van der Waals surface area contributed by atoms with Gasteiger partial charge in [0.1, 0.15) is 0 Å². The van der Waals surface area contributed by atoms with E-state index in [0.29, 0.717) is 0 Å². The van der Waals surface area contributed by atoms with Crippen molar-refractivity contribution in [3.05, 3.63) is 35.4 Å². The van der Waals surface area contributed by atoms with Gasteiger partial charge in [-0.25, -0.2) is 0 Å². The molecule has 0 amide bonds. The van der Waals surface area contributed by atoms with Crippen molar-refractivity contribution in [2.45, 2.75) is 19.4 Å². The maximum absolute atomic E-state index is 5.96. The molecule has 0 saturated carbocycles. The van der Waals surface area contributed by atoms with Crippen LogP contribution in [0, 0.1) is 6.92 Å². The maximum Gasteiger partial charge on any atom is 0.0305 e. The smallest absolute Gasteiger partial charge is 0.0305 e. The lowest BCUT2D eigenvalue weighted by Gasteiger charge is -2.12. The van der Waals surface area contributed by atoms with E-state index in [2.05, 4.69) is 31.7 Å². The summed E-state index contributed by atoms with van der Waals surface area (Å²) in [5.41, 5.74) is 8.47. The lowest BCUT2D eigenvalue weighted by atomic mass is 10.0. The van der Waals surface area contributed by atoms with Gasteiger partial charge < -0.3 is 5.73 Å². The van der Waals surface area contributed by atoms with E-state index in [1.807, 2.05) is 12.1 Å². The summed E-state index contributed by atoms with van der Waals surface area (Å²) >= 11 is 4.16. The van der Waals surface area contributed by atoms with Gasteiger partial charge in [-0.1, -0.05) is 24.3 Å². The quantitative estimate of drug-likeness (QED) is 0.688. The van der Waals surface area contributed by atoms with E-state index in [1.54, 1.807) is 0 Å². The van der Waals surface area contributed by atoms with Crippen LogP contribution in [0.15, 0.2) is 24.3 Å². The first-order valence-corrected chi connectivity index (χ1v) is 4.81. The predicted octanol–water partition coefficient (Wildman–Crippen LogP) is 2.31. The summed E-state index contributed by atoms with van der Waals surface area (Å²) in [7, 11) is 0. The molecule has 1 atom stereocenters. The third-order valence-electron chi connectivity index (χ3n) is 2.03. The fourth-order valence-corrected chi connectivity index (χ4v) is 1.58. The van der Waals surface area contributed by atoms with Crippen LogP contribution in [0.25, 0.3) is 0 Å². The number of hydrogen-bond acceptors (Lipinski definition) is 2. The van der Waals surface area contributed by atoms with Gasteiger partial charge in [0.25, 0.3) is 0 Å². The van der Waals surface area contributed by atoms with Crippen LogP contribution in [-0.2, 0) is 0 Å². The molecule has 1 aromatic carbocycles. The lowest BCUT2D eigenvalue weighted by molar-refractivity contribution is 0.701. The van der Waals surface area contributed by atoms with Gasteiger partial charge in [0.05, 0.1) is 0 Å². The molecule has 2 heteroatoms.